The number of Topliss-reactive ketones (excluding diaryl/α,β-unsaturated/α-hetero) is 1. The SMILES string of the molecule is NCC1CCCCC1C(=O)Cc1ccc(C(F)(F)F)cc1. The van der Waals surface area contributed by atoms with Gasteiger partial charge in [0.05, 0.1) is 5.56 Å². The quantitative estimate of drug-likeness (QED) is 0.923. The predicted octanol–water partition coefficient (Wildman–Crippen LogP) is 3.58. The number of nitrogens with two attached hydrogens (primary N) is 1. The minimum atomic E-state index is -4.34. The zero-order valence-corrected chi connectivity index (χ0v) is 11.8. The van der Waals surface area contributed by atoms with Gasteiger partial charge in [-0.1, -0.05) is 25.0 Å². The average molecular weight is 299 g/mol. The second-order valence-corrected chi connectivity index (χ2v) is 5.72. The number of benzene rings is 1. The molecule has 0 aliphatic heterocycles. The molecule has 0 bridgehead atoms. The van der Waals surface area contributed by atoms with Gasteiger partial charge in [-0.25, -0.2) is 0 Å². The lowest BCUT2D eigenvalue weighted by Crippen LogP contribution is -2.33. The fraction of sp³-hybridized carbons (Fsp3) is 0.562. The third kappa shape index (κ3) is 4.06. The summed E-state index contributed by atoms with van der Waals surface area (Å²) < 4.78 is 37.5. The second-order valence-electron chi connectivity index (χ2n) is 5.72. The van der Waals surface area contributed by atoms with Gasteiger partial charge < -0.3 is 5.73 Å². The summed E-state index contributed by atoms with van der Waals surface area (Å²) in [6, 6.07) is 4.84. The number of halogens is 3. The van der Waals surface area contributed by atoms with Crippen molar-refractivity contribution in [2.45, 2.75) is 38.3 Å². The Hall–Kier alpha value is -1.36. The zero-order valence-electron chi connectivity index (χ0n) is 11.8. The van der Waals surface area contributed by atoms with E-state index >= 15 is 0 Å². The zero-order chi connectivity index (χ0) is 15.5. The molecule has 1 fully saturated rings. The molecule has 1 aromatic rings. The molecule has 2 nitrogen and oxygen atoms in total. The molecule has 2 atom stereocenters. The highest BCUT2D eigenvalue weighted by Crippen LogP contribution is 2.32. The van der Waals surface area contributed by atoms with E-state index in [0.717, 1.165) is 37.8 Å². The summed E-state index contributed by atoms with van der Waals surface area (Å²) in [7, 11) is 0. The summed E-state index contributed by atoms with van der Waals surface area (Å²) >= 11 is 0. The van der Waals surface area contributed by atoms with Crippen LogP contribution in [0.1, 0.15) is 36.8 Å². The first kappa shape index (κ1) is 16.0. The monoisotopic (exact) mass is 299 g/mol. The number of alkyl halides is 3. The van der Waals surface area contributed by atoms with E-state index < -0.39 is 11.7 Å². The number of hydrogen-bond donors (Lipinski definition) is 1. The molecule has 0 spiro atoms. The molecule has 0 radical (unpaired) electrons. The van der Waals surface area contributed by atoms with E-state index in [1.165, 1.54) is 12.1 Å². The standard InChI is InChI=1S/C16H20F3NO/c17-16(18,19)13-7-5-11(6-8-13)9-15(21)14-4-2-1-3-12(14)10-20/h5-8,12,14H,1-4,9-10,20H2. The molecule has 0 heterocycles. The molecule has 1 aliphatic carbocycles. The molecule has 2 N–H and O–H groups in total. The van der Waals surface area contributed by atoms with Crippen LogP contribution in [0.3, 0.4) is 0 Å². The van der Waals surface area contributed by atoms with Gasteiger partial charge in [0, 0.05) is 12.3 Å². The average Bonchev–Trinajstić information content (AvgIpc) is 2.46. The second kappa shape index (κ2) is 6.60. The van der Waals surface area contributed by atoms with E-state index in [1.807, 2.05) is 0 Å². The maximum absolute atomic E-state index is 12.5. The molecule has 0 saturated heterocycles. The van der Waals surface area contributed by atoms with E-state index in [0.29, 0.717) is 12.1 Å². The van der Waals surface area contributed by atoms with Crippen molar-refractivity contribution in [3.8, 4) is 0 Å². The van der Waals surface area contributed by atoms with Gasteiger partial charge in [0.15, 0.2) is 0 Å². The van der Waals surface area contributed by atoms with Gasteiger partial charge in [0.2, 0.25) is 0 Å². The van der Waals surface area contributed by atoms with E-state index in [2.05, 4.69) is 0 Å². The van der Waals surface area contributed by atoms with Crippen LogP contribution in [0.25, 0.3) is 0 Å². The van der Waals surface area contributed by atoms with Crippen LogP contribution in [0.15, 0.2) is 24.3 Å². The first-order valence-electron chi connectivity index (χ1n) is 7.30. The highest BCUT2D eigenvalue weighted by Gasteiger charge is 2.31. The van der Waals surface area contributed by atoms with Crippen LogP contribution < -0.4 is 5.73 Å². The van der Waals surface area contributed by atoms with Gasteiger partial charge in [0.1, 0.15) is 5.78 Å². The lowest BCUT2D eigenvalue weighted by atomic mass is 9.76. The van der Waals surface area contributed by atoms with E-state index in [-0.39, 0.29) is 24.0 Å². The summed E-state index contributed by atoms with van der Waals surface area (Å²) in [5, 5.41) is 0. The molecule has 116 valence electrons. The minimum absolute atomic E-state index is 0.0361. The van der Waals surface area contributed by atoms with Crippen molar-refractivity contribution in [3.05, 3.63) is 35.4 Å². The third-order valence-corrected chi connectivity index (χ3v) is 4.29. The fourth-order valence-electron chi connectivity index (χ4n) is 3.06. The Labute approximate surface area is 122 Å². The molecule has 0 aromatic heterocycles. The van der Waals surface area contributed by atoms with Crippen molar-refractivity contribution in [1.82, 2.24) is 0 Å². The number of hydrogen-bond acceptors (Lipinski definition) is 2. The van der Waals surface area contributed by atoms with Crippen LogP contribution in [-0.4, -0.2) is 12.3 Å². The number of carbonyl (C=O) groups excluding carboxylic acids is 1. The minimum Gasteiger partial charge on any atom is -0.330 e. The molecular formula is C16H20F3NO. The molecule has 1 aromatic carbocycles. The topological polar surface area (TPSA) is 43.1 Å². The maximum Gasteiger partial charge on any atom is 0.416 e. The molecular weight excluding hydrogens is 279 g/mol. The Kier molecular flexibility index (Phi) is 5.04. The predicted molar refractivity (Wildman–Crippen MR) is 74.7 cm³/mol. The van der Waals surface area contributed by atoms with Crippen molar-refractivity contribution in [3.63, 3.8) is 0 Å². The van der Waals surface area contributed by atoms with Crippen LogP contribution in [0.2, 0.25) is 0 Å². The van der Waals surface area contributed by atoms with Crippen molar-refractivity contribution in [1.29, 1.82) is 0 Å². The lowest BCUT2D eigenvalue weighted by molar-refractivity contribution is -0.137. The summed E-state index contributed by atoms with van der Waals surface area (Å²) in [4.78, 5) is 12.3. The Morgan fingerprint density at radius 2 is 1.76 bits per heavy atom. The van der Waals surface area contributed by atoms with Crippen molar-refractivity contribution in [2.75, 3.05) is 6.54 Å². The van der Waals surface area contributed by atoms with E-state index in [4.69, 9.17) is 5.73 Å². The number of ketones is 1. The smallest absolute Gasteiger partial charge is 0.330 e. The first-order valence-corrected chi connectivity index (χ1v) is 7.30. The Morgan fingerprint density at radius 3 is 2.33 bits per heavy atom. The van der Waals surface area contributed by atoms with Gasteiger partial charge in [-0.05, 0) is 43.0 Å². The van der Waals surface area contributed by atoms with Gasteiger partial charge >= 0.3 is 6.18 Å². The Morgan fingerprint density at radius 1 is 1.14 bits per heavy atom. The van der Waals surface area contributed by atoms with Crippen molar-refractivity contribution < 1.29 is 18.0 Å². The highest BCUT2D eigenvalue weighted by molar-refractivity contribution is 5.83. The summed E-state index contributed by atoms with van der Waals surface area (Å²) in [5.74, 6) is 0.289. The Bertz CT molecular complexity index is 481. The van der Waals surface area contributed by atoms with Crippen LogP contribution in [0.4, 0.5) is 13.2 Å². The summed E-state index contributed by atoms with van der Waals surface area (Å²) in [5.41, 5.74) is 5.66. The van der Waals surface area contributed by atoms with Crippen molar-refractivity contribution in [2.24, 2.45) is 17.6 Å². The van der Waals surface area contributed by atoms with Crippen LogP contribution in [0.5, 0.6) is 0 Å². The molecule has 5 heteroatoms. The van der Waals surface area contributed by atoms with Gasteiger partial charge in [-0.15, -0.1) is 0 Å². The highest BCUT2D eigenvalue weighted by atomic mass is 19.4. The Balaban J connectivity index is 2.02. The van der Waals surface area contributed by atoms with Crippen molar-refractivity contribution >= 4 is 5.78 Å². The van der Waals surface area contributed by atoms with E-state index in [1.54, 1.807) is 0 Å². The molecule has 1 aliphatic rings. The molecule has 2 rings (SSSR count). The van der Waals surface area contributed by atoms with Gasteiger partial charge in [-0.2, -0.15) is 13.2 Å². The molecule has 1 saturated carbocycles. The third-order valence-electron chi connectivity index (χ3n) is 4.29. The number of rotatable bonds is 4. The molecule has 0 amide bonds. The van der Waals surface area contributed by atoms with Crippen LogP contribution in [0, 0.1) is 11.8 Å². The van der Waals surface area contributed by atoms with Gasteiger partial charge in [-0.3, -0.25) is 4.79 Å². The largest absolute Gasteiger partial charge is 0.416 e. The van der Waals surface area contributed by atoms with E-state index in [9.17, 15) is 18.0 Å². The maximum atomic E-state index is 12.5. The summed E-state index contributed by atoms with van der Waals surface area (Å²) in [6.45, 7) is 0.503. The van der Waals surface area contributed by atoms with Crippen LogP contribution >= 0.6 is 0 Å². The first-order chi connectivity index (χ1) is 9.91. The molecule has 21 heavy (non-hydrogen) atoms. The summed E-state index contributed by atoms with van der Waals surface area (Å²) in [6.07, 6.45) is -0.192. The molecule has 2 unspecified atom stereocenters. The fourth-order valence-corrected chi connectivity index (χ4v) is 3.06. The van der Waals surface area contributed by atoms with Crippen LogP contribution in [-0.2, 0) is 17.4 Å². The normalized spacial score (nSPS) is 23.0. The van der Waals surface area contributed by atoms with Gasteiger partial charge in [0.25, 0.3) is 0 Å². The lowest BCUT2D eigenvalue weighted by Gasteiger charge is -2.29. The number of carbonyl (C=O) groups is 1.